The van der Waals surface area contributed by atoms with Crippen LogP contribution in [0.1, 0.15) is 32.6 Å². The Kier molecular flexibility index (Phi) is 8.82. The van der Waals surface area contributed by atoms with Gasteiger partial charge >= 0.3 is 0 Å². The largest absolute Gasteiger partial charge is 0.415 e. The highest BCUT2D eigenvalue weighted by atomic mass is 35.5. The molecule has 3 nitrogen and oxygen atoms in total. The summed E-state index contributed by atoms with van der Waals surface area (Å²) in [7, 11) is -1.55. The van der Waals surface area contributed by atoms with Gasteiger partial charge in [0.25, 0.3) is 0 Å². The van der Waals surface area contributed by atoms with Gasteiger partial charge in [0, 0.05) is 18.9 Å². The van der Waals surface area contributed by atoms with Gasteiger partial charge in [-0.2, -0.15) is 0 Å². The Hall–Kier alpha value is -0.163. The van der Waals surface area contributed by atoms with Crippen molar-refractivity contribution < 1.29 is 14.3 Å². The summed E-state index contributed by atoms with van der Waals surface area (Å²) >= 11 is 5.93. The zero-order chi connectivity index (χ0) is 15.1. The topological polar surface area (TPSA) is 46.5 Å². The summed E-state index contributed by atoms with van der Waals surface area (Å²) in [5.41, 5.74) is 0. The van der Waals surface area contributed by atoms with E-state index in [9.17, 15) is 9.90 Å². The average molecular weight is 307 g/mol. The van der Waals surface area contributed by atoms with Crippen molar-refractivity contribution >= 4 is 25.7 Å². The molecule has 0 aromatic heterocycles. The van der Waals surface area contributed by atoms with Crippen LogP contribution in [-0.2, 0) is 9.22 Å². The molecule has 0 unspecified atom stereocenters. The van der Waals surface area contributed by atoms with Crippen LogP contribution < -0.4 is 0 Å². The van der Waals surface area contributed by atoms with Crippen molar-refractivity contribution in [1.82, 2.24) is 0 Å². The highest BCUT2D eigenvalue weighted by molar-refractivity contribution is 6.69. The minimum atomic E-state index is -1.55. The third-order valence-corrected chi connectivity index (χ3v) is 4.21. The molecule has 0 fully saturated rings. The number of allylic oxidation sites excluding steroid dienone is 1. The molecule has 0 bridgehead atoms. The monoisotopic (exact) mass is 306 g/mol. The molecule has 0 aliphatic carbocycles. The Morgan fingerprint density at radius 3 is 2.53 bits per heavy atom. The smallest absolute Gasteiger partial charge is 0.184 e. The minimum absolute atomic E-state index is 0.0354. The number of carbonyl (C=O) groups excluding carboxylic acids is 1. The van der Waals surface area contributed by atoms with Crippen LogP contribution in [0, 0.1) is 0 Å². The van der Waals surface area contributed by atoms with Gasteiger partial charge in [-0.3, -0.25) is 4.79 Å². The van der Waals surface area contributed by atoms with Gasteiger partial charge in [0.2, 0.25) is 0 Å². The summed E-state index contributed by atoms with van der Waals surface area (Å²) in [6.07, 6.45) is 2.69. The van der Waals surface area contributed by atoms with Gasteiger partial charge in [0.15, 0.2) is 8.32 Å². The molecule has 5 heteroatoms. The first-order valence-corrected chi connectivity index (χ1v) is 10.6. The number of Topliss-reactive ketones (excluding diaryl/α,β-unsaturated/α-hetero) is 1. The number of aliphatic hydroxyl groups is 1. The Morgan fingerprint density at radius 2 is 2.05 bits per heavy atom. The van der Waals surface area contributed by atoms with E-state index in [1.54, 1.807) is 6.08 Å². The van der Waals surface area contributed by atoms with Crippen LogP contribution in [0.4, 0.5) is 0 Å². The van der Waals surface area contributed by atoms with Crippen LogP contribution in [0.15, 0.2) is 12.7 Å². The molecular formula is C14H27ClO3Si. The number of alkyl halides is 1. The lowest BCUT2D eigenvalue weighted by Crippen LogP contribution is -2.31. The van der Waals surface area contributed by atoms with E-state index < -0.39 is 19.8 Å². The van der Waals surface area contributed by atoms with Gasteiger partial charge in [-0.15, -0.1) is 18.2 Å². The number of ketones is 1. The third kappa shape index (κ3) is 10.3. The fourth-order valence-corrected chi connectivity index (χ4v) is 3.35. The molecule has 0 aromatic carbocycles. The van der Waals surface area contributed by atoms with Crippen molar-refractivity contribution in [3.05, 3.63) is 12.7 Å². The maximum Gasteiger partial charge on any atom is 0.184 e. The van der Waals surface area contributed by atoms with Crippen molar-refractivity contribution in [3.63, 3.8) is 0 Å². The fraction of sp³-hybridized carbons (Fsp3) is 0.786. The zero-order valence-electron chi connectivity index (χ0n) is 12.5. The Morgan fingerprint density at radius 1 is 1.47 bits per heavy atom. The molecule has 0 amide bonds. The van der Waals surface area contributed by atoms with E-state index in [-0.39, 0.29) is 18.3 Å². The summed E-state index contributed by atoms with van der Waals surface area (Å²) < 4.78 is 5.86. The van der Waals surface area contributed by atoms with Crippen LogP contribution in [0.25, 0.3) is 0 Å². The van der Waals surface area contributed by atoms with E-state index in [4.69, 9.17) is 16.0 Å². The number of carbonyl (C=O) groups is 1. The first kappa shape index (κ1) is 18.8. The zero-order valence-corrected chi connectivity index (χ0v) is 14.2. The first-order valence-electron chi connectivity index (χ1n) is 6.78. The molecule has 0 saturated heterocycles. The third-order valence-electron chi connectivity index (χ3n) is 2.63. The number of rotatable bonds is 10. The summed E-state index contributed by atoms with van der Waals surface area (Å²) in [4.78, 5) is 11.7. The van der Waals surface area contributed by atoms with E-state index in [1.807, 2.05) is 6.92 Å². The summed E-state index contributed by atoms with van der Waals surface area (Å²) in [5.74, 6) is 0.0354. The predicted octanol–water partition coefficient (Wildman–Crippen LogP) is 3.51. The van der Waals surface area contributed by atoms with Crippen LogP contribution in [0.5, 0.6) is 0 Å². The van der Waals surface area contributed by atoms with E-state index in [1.165, 1.54) is 0 Å². The highest BCUT2D eigenvalue weighted by Gasteiger charge is 2.21. The predicted molar refractivity (Wildman–Crippen MR) is 83.2 cm³/mol. The quantitative estimate of drug-likeness (QED) is 0.382. The molecule has 19 heavy (non-hydrogen) atoms. The molecule has 0 saturated carbocycles. The van der Waals surface area contributed by atoms with Crippen LogP contribution >= 0.6 is 11.6 Å². The lowest BCUT2D eigenvalue weighted by molar-refractivity contribution is -0.121. The second kappa shape index (κ2) is 8.90. The Balaban J connectivity index is 3.95. The number of hydrogen-bond acceptors (Lipinski definition) is 3. The van der Waals surface area contributed by atoms with Crippen molar-refractivity contribution in [2.24, 2.45) is 0 Å². The van der Waals surface area contributed by atoms with Crippen molar-refractivity contribution in [3.8, 4) is 0 Å². The SMILES string of the molecule is C=CC[C@@H](Cl)[C@@H](O)CC(=O)CC[C@@H](C)O[Si](C)(C)C. The number of halogens is 1. The molecule has 112 valence electrons. The molecule has 0 spiro atoms. The summed E-state index contributed by atoms with van der Waals surface area (Å²) in [6, 6.07) is 0. The Labute approximate surface area is 123 Å². The summed E-state index contributed by atoms with van der Waals surface area (Å²) in [6.45, 7) is 11.9. The molecule has 0 aromatic rings. The lowest BCUT2D eigenvalue weighted by Gasteiger charge is -2.23. The van der Waals surface area contributed by atoms with E-state index in [2.05, 4.69) is 26.2 Å². The van der Waals surface area contributed by atoms with Gasteiger partial charge in [-0.25, -0.2) is 0 Å². The standard InChI is InChI=1S/C14H27ClO3Si/c1-6-7-13(15)14(17)10-12(16)9-8-11(2)18-19(3,4)5/h6,11,13-14,17H,1,7-10H2,2-5H3/t11-,13-,14+/m1/s1. The average Bonchev–Trinajstić information content (AvgIpc) is 2.24. The normalized spacial score (nSPS) is 16.7. The maximum atomic E-state index is 11.7. The van der Waals surface area contributed by atoms with Crippen LogP contribution in [0.3, 0.4) is 0 Å². The van der Waals surface area contributed by atoms with Gasteiger partial charge in [0.05, 0.1) is 11.5 Å². The lowest BCUT2D eigenvalue weighted by atomic mass is 10.0. The van der Waals surface area contributed by atoms with Crippen molar-refractivity contribution in [1.29, 1.82) is 0 Å². The number of aliphatic hydroxyl groups excluding tert-OH is 1. The molecule has 0 heterocycles. The van der Waals surface area contributed by atoms with E-state index >= 15 is 0 Å². The fourth-order valence-electron chi connectivity index (χ4n) is 1.81. The molecule has 0 radical (unpaired) electrons. The highest BCUT2D eigenvalue weighted by Crippen LogP contribution is 2.15. The second-order valence-corrected chi connectivity index (χ2v) is 11.0. The van der Waals surface area contributed by atoms with Gasteiger partial charge in [-0.1, -0.05) is 6.08 Å². The van der Waals surface area contributed by atoms with E-state index in [0.29, 0.717) is 19.3 Å². The van der Waals surface area contributed by atoms with Gasteiger partial charge in [-0.05, 0) is 39.4 Å². The Bertz CT molecular complexity index is 289. The van der Waals surface area contributed by atoms with Crippen molar-refractivity contribution in [2.75, 3.05) is 0 Å². The molecule has 0 aliphatic rings. The van der Waals surface area contributed by atoms with Gasteiger partial charge < -0.3 is 9.53 Å². The van der Waals surface area contributed by atoms with E-state index in [0.717, 1.165) is 0 Å². The first-order chi connectivity index (χ1) is 8.65. The second-order valence-electron chi connectivity index (χ2n) is 5.93. The molecule has 3 atom stereocenters. The summed E-state index contributed by atoms with van der Waals surface area (Å²) in [5, 5.41) is 9.31. The molecule has 1 N–H and O–H groups in total. The van der Waals surface area contributed by atoms with Crippen LogP contribution in [0.2, 0.25) is 19.6 Å². The van der Waals surface area contributed by atoms with Gasteiger partial charge in [0.1, 0.15) is 5.78 Å². The molecular weight excluding hydrogens is 280 g/mol. The van der Waals surface area contributed by atoms with Crippen molar-refractivity contribution in [2.45, 2.75) is 69.8 Å². The van der Waals surface area contributed by atoms with Crippen LogP contribution in [-0.4, -0.2) is 36.8 Å². The number of hydrogen-bond donors (Lipinski definition) is 1. The molecule has 0 rings (SSSR count). The molecule has 0 aliphatic heterocycles. The maximum absolute atomic E-state index is 11.7. The minimum Gasteiger partial charge on any atom is -0.415 e.